The molecule has 0 aliphatic carbocycles. The molecular formula is C15H18N4O2. The van der Waals surface area contributed by atoms with Crippen LogP contribution in [0.25, 0.3) is 0 Å². The van der Waals surface area contributed by atoms with Gasteiger partial charge in [0.25, 0.3) is 0 Å². The van der Waals surface area contributed by atoms with Crippen LogP contribution in [0.3, 0.4) is 0 Å². The van der Waals surface area contributed by atoms with Crippen molar-refractivity contribution < 1.29 is 9.53 Å². The highest BCUT2D eigenvalue weighted by Gasteiger charge is 2.12. The highest BCUT2D eigenvalue weighted by molar-refractivity contribution is 5.90. The number of hydrogen-bond donors (Lipinski definition) is 2. The van der Waals surface area contributed by atoms with Gasteiger partial charge in [0.15, 0.2) is 5.75 Å². The highest BCUT2D eigenvalue weighted by Crippen LogP contribution is 2.31. The second-order valence-corrected chi connectivity index (χ2v) is 4.59. The first-order chi connectivity index (χ1) is 10.0. The lowest BCUT2D eigenvalue weighted by Crippen LogP contribution is -2.08. The smallest absolute Gasteiger partial charge is 0.227 e. The summed E-state index contributed by atoms with van der Waals surface area (Å²) in [5.74, 6) is 1.76. The Morgan fingerprint density at radius 3 is 2.71 bits per heavy atom. The molecule has 0 aliphatic heterocycles. The molecule has 6 heteroatoms. The molecule has 0 bridgehead atoms. The molecular weight excluding hydrogens is 268 g/mol. The Morgan fingerprint density at radius 1 is 1.33 bits per heavy atom. The zero-order valence-electron chi connectivity index (χ0n) is 12.3. The number of hydrogen-bond acceptors (Lipinski definition) is 5. The van der Waals surface area contributed by atoms with Gasteiger partial charge in [0.2, 0.25) is 11.8 Å². The molecule has 0 atom stereocenters. The zero-order valence-corrected chi connectivity index (χ0v) is 12.3. The average molecular weight is 286 g/mol. The molecule has 0 saturated heterocycles. The number of anilines is 2. The number of nitrogen functional groups attached to an aromatic ring is 1. The Hall–Kier alpha value is -2.63. The third-order valence-electron chi connectivity index (χ3n) is 2.91. The Bertz CT molecular complexity index is 671. The van der Waals surface area contributed by atoms with Crippen LogP contribution in [0.15, 0.2) is 24.3 Å². The minimum atomic E-state index is -0.167. The molecule has 0 saturated carbocycles. The molecule has 6 nitrogen and oxygen atoms in total. The van der Waals surface area contributed by atoms with Gasteiger partial charge in [-0.25, -0.2) is 4.98 Å². The van der Waals surface area contributed by atoms with Crippen molar-refractivity contribution in [3.05, 3.63) is 35.7 Å². The van der Waals surface area contributed by atoms with Crippen molar-refractivity contribution in [2.75, 3.05) is 11.1 Å². The normalized spacial score (nSPS) is 10.2. The summed E-state index contributed by atoms with van der Waals surface area (Å²) in [6.07, 6.45) is 0.661. The van der Waals surface area contributed by atoms with Crippen LogP contribution >= 0.6 is 0 Å². The summed E-state index contributed by atoms with van der Waals surface area (Å²) in [4.78, 5) is 19.7. The van der Waals surface area contributed by atoms with Crippen molar-refractivity contribution in [3.8, 4) is 11.6 Å². The molecule has 110 valence electrons. The van der Waals surface area contributed by atoms with Crippen LogP contribution in [-0.2, 0) is 11.2 Å². The molecule has 1 heterocycles. The Morgan fingerprint density at radius 2 is 2.05 bits per heavy atom. The Balaban J connectivity index is 2.38. The first-order valence-corrected chi connectivity index (χ1v) is 6.68. The van der Waals surface area contributed by atoms with Crippen LogP contribution in [-0.4, -0.2) is 15.9 Å². The Labute approximate surface area is 123 Å². The van der Waals surface area contributed by atoms with E-state index in [2.05, 4.69) is 15.3 Å². The summed E-state index contributed by atoms with van der Waals surface area (Å²) in [6.45, 7) is 5.18. The lowest BCUT2D eigenvalue weighted by Gasteiger charge is -2.13. The van der Waals surface area contributed by atoms with E-state index in [1.54, 1.807) is 19.1 Å². The highest BCUT2D eigenvalue weighted by atomic mass is 16.5. The molecule has 1 aromatic carbocycles. The van der Waals surface area contributed by atoms with Crippen molar-refractivity contribution in [1.29, 1.82) is 0 Å². The number of nitrogens with one attached hydrogen (secondary N) is 1. The minimum absolute atomic E-state index is 0.167. The van der Waals surface area contributed by atoms with Crippen molar-refractivity contribution in [2.45, 2.75) is 27.2 Å². The number of amides is 1. The quantitative estimate of drug-likeness (QED) is 0.901. The molecule has 0 unspecified atom stereocenters. The van der Waals surface area contributed by atoms with E-state index in [1.807, 2.05) is 19.1 Å². The molecule has 1 amide bonds. The monoisotopic (exact) mass is 286 g/mol. The van der Waals surface area contributed by atoms with Gasteiger partial charge in [0.05, 0.1) is 11.3 Å². The molecule has 1 aromatic heterocycles. The summed E-state index contributed by atoms with van der Waals surface area (Å²) < 4.78 is 5.82. The maximum Gasteiger partial charge on any atom is 0.227 e. The average Bonchev–Trinajstić information content (AvgIpc) is 2.45. The fraction of sp³-hybridized carbons (Fsp3) is 0.267. The first kappa shape index (κ1) is 14.8. The molecule has 0 radical (unpaired) electrons. The number of ether oxygens (including phenoxy) is 1. The molecule has 3 N–H and O–H groups in total. The van der Waals surface area contributed by atoms with Crippen molar-refractivity contribution >= 4 is 17.4 Å². The van der Waals surface area contributed by atoms with Crippen molar-refractivity contribution in [2.24, 2.45) is 0 Å². The second-order valence-electron chi connectivity index (χ2n) is 4.59. The van der Waals surface area contributed by atoms with Gasteiger partial charge >= 0.3 is 0 Å². The van der Waals surface area contributed by atoms with Crippen LogP contribution in [0.2, 0.25) is 0 Å². The maximum absolute atomic E-state index is 11.2. The fourth-order valence-electron chi connectivity index (χ4n) is 1.77. The van der Waals surface area contributed by atoms with Gasteiger partial charge in [0.1, 0.15) is 11.6 Å². The van der Waals surface area contributed by atoms with Crippen LogP contribution < -0.4 is 15.8 Å². The number of carbonyl (C=O) groups is 1. The lowest BCUT2D eigenvalue weighted by molar-refractivity contribution is -0.114. The molecule has 2 rings (SSSR count). The van der Waals surface area contributed by atoms with Crippen LogP contribution in [0.1, 0.15) is 25.2 Å². The second kappa shape index (κ2) is 6.21. The van der Waals surface area contributed by atoms with Crippen LogP contribution in [0.5, 0.6) is 11.6 Å². The third-order valence-corrected chi connectivity index (χ3v) is 2.91. The number of carbonyl (C=O) groups excluding carboxylic acids is 1. The standard InChI is InChI=1S/C15H18N4O2/c1-4-13-18-14(16)9(2)15(19-13)21-12-8-6-5-7-11(12)17-10(3)20/h5-8H,4H2,1-3H3,(H,17,20)(H2,16,18,19). The van der Waals surface area contributed by atoms with Crippen molar-refractivity contribution in [1.82, 2.24) is 9.97 Å². The minimum Gasteiger partial charge on any atom is -0.436 e. The van der Waals surface area contributed by atoms with E-state index >= 15 is 0 Å². The number of aromatic nitrogens is 2. The van der Waals surface area contributed by atoms with Crippen molar-refractivity contribution in [3.63, 3.8) is 0 Å². The van der Waals surface area contributed by atoms with E-state index in [1.165, 1.54) is 6.92 Å². The third kappa shape index (κ3) is 3.47. The number of aryl methyl sites for hydroxylation is 1. The lowest BCUT2D eigenvalue weighted by atomic mass is 10.2. The summed E-state index contributed by atoms with van der Waals surface area (Å²) >= 11 is 0. The van der Waals surface area contributed by atoms with Crippen LogP contribution in [0, 0.1) is 6.92 Å². The molecule has 21 heavy (non-hydrogen) atoms. The largest absolute Gasteiger partial charge is 0.436 e. The van der Waals surface area contributed by atoms with Gasteiger partial charge in [-0.15, -0.1) is 0 Å². The summed E-state index contributed by atoms with van der Waals surface area (Å²) in [6, 6.07) is 7.16. The summed E-state index contributed by atoms with van der Waals surface area (Å²) in [5, 5.41) is 2.72. The van der Waals surface area contributed by atoms with E-state index in [0.717, 1.165) is 0 Å². The Kier molecular flexibility index (Phi) is 4.37. The molecule has 0 spiro atoms. The molecule has 0 fully saturated rings. The number of para-hydroxylation sites is 2. The number of rotatable bonds is 4. The van der Waals surface area contributed by atoms with E-state index in [4.69, 9.17) is 10.5 Å². The first-order valence-electron chi connectivity index (χ1n) is 6.68. The number of benzene rings is 1. The predicted octanol–water partition coefficient (Wildman–Crippen LogP) is 2.68. The van der Waals surface area contributed by atoms with E-state index in [0.29, 0.717) is 40.9 Å². The maximum atomic E-state index is 11.2. The molecule has 2 aromatic rings. The zero-order chi connectivity index (χ0) is 15.4. The van der Waals surface area contributed by atoms with Gasteiger partial charge in [-0.3, -0.25) is 4.79 Å². The van der Waals surface area contributed by atoms with E-state index in [-0.39, 0.29) is 5.91 Å². The molecule has 0 aliphatic rings. The number of nitrogens with zero attached hydrogens (tertiary/aromatic N) is 2. The van der Waals surface area contributed by atoms with E-state index in [9.17, 15) is 4.79 Å². The fourth-order valence-corrected chi connectivity index (χ4v) is 1.77. The predicted molar refractivity (Wildman–Crippen MR) is 81.4 cm³/mol. The SMILES string of the molecule is CCc1nc(N)c(C)c(Oc2ccccc2NC(C)=O)n1. The number of nitrogens with two attached hydrogens (primary N) is 1. The van der Waals surface area contributed by atoms with Gasteiger partial charge in [-0.2, -0.15) is 4.98 Å². The van der Waals surface area contributed by atoms with Gasteiger partial charge in [0, 0.05) is 13.3 Å². The van der Waals surface area contributed by atoms with Gasteiger partial charge in [-0.05, 0) is 19.1 Å². The summed E-state index contributed by atoms with van der Waals surface area (Å²) in [7, 11) is 0. The van der Waals surface area contributed by atoms with Crippen LogP contribution in [0.4, 0.5) is 11.5 Å². The topological polar surface area (TPSA) is 90.1 Å². The van der Waals surface area contributed by atoms with E-state index < -0.39 is 0 Å². The van der Waals surface area contributed by atoms with Gasteiger partial charge < -0.3 is 15.8 Å². The van der Waals surface area contributed by atoms with Gasteiger partial charge in [-0.1, -0.05) is 19.1 Å². The summed E-state index contributed by atoms with van der Waals surface area (Å²) in [5.41, 5.74) is 7.12.